The first-order valence-electron chi connectivity index (χ1n) is 39.7. The van der Waals surface area contributed by atoms with Gasteiger partial charge < -0.3 is 33.3 Å². The fraction of sp³-hybridized carbons (Fsp3) is 0.733. The van der Waals surface area contributed by atoms with Crippen LogP contribution in [0.25, 0.3) is 0 Å². The summed E-state index contributed by atoms with van der Waals surface area (Å²) in [5.41, 5.74) is 0. The maximum Gasteiger partial charge on any atom is 0.306 e. The predicted molar refractivity (Wildman–Crippen MR) is 407 cm³/mol. The number of nitrogens with zero attached hydrogens (tertiary/aromatic N) is 1. The molecule has 0 saturated heterocycles. The number of carbonyl (C=O) groups excluding carboxylic acids is 3. The molecule has 0 amide bonds. The standard InChI is InChI=1S/C86H149NO8/c1-6-8-10-12-14-16-18-20-22-24-26-28-30-32-34-36-37-38-39-40-41-42-43-44-45-46-47-49-51-53-55-57-59-61-63-65-67-69-71-73-75-77-84(89)95-82(81-94-86(85(90)91)92-79-78-87(3,4)5)80-93-83(88)76-74-72-70-68-66-64-62-60-58-56-54-52-50-48-35-33-31-29-27-25-23-21-19-17-15-13-11-9-7-2/h8-11,14-17,20-23,26-29,32,34,37-38,82,86H,6-7,12-13,18-19,24-25,30-31,33,35-36,39-81H2,1-5H3/b10-8-,11-9-,16-14-,17-15-,22-20-,23-21-,28-26-,29-27-,34-32-,38-37-. The maximum absolute atomic E-state index is 13.0. The van der Waals surface area contributed by atoms with Crippen molar-refractivity contribution in [2.75, 3.05) is 47.5 Å². The van der Waals surface area contributed by atoms with Crippen molar-refractivity contribution in [3.8, 4) is 0 Å². The van der Waals surface area contributed by atoms with E-state index < -0.39 is 24.3 Å². The van der Waals surface area contributed by atoms with Crippen LogP contribution in [0.4, 0.5) is 0 Å². The van der Waals surface area contributed by atoms with Crippen LogP contribution in [0.5, 0.6) is 0 Å². The summed E-state index contributed by atoms with van der Waals surface area (Å²) in [6, 6.07) is 0. The Morgan fingerprint density at radius 1 is 0.316 bits per heavy atom. The first-order chi connectivity index (χ1) is 46.6. The molecule has 95 heavy (non-hydrogen) atoms. The van der Waals surface area contributed by atoms with E-state index in [-0.39, 0.29) is 32.2 Å². The van der Waals surface area contributed by atoms with E-state index in [2.05, 4.69) is 135 Å². The van der Waals surface area contributed by atoms with Gasteiger partial charge in [0.2, 0.25) is 0 Å². The molecule has 0 aromatic rings. The van der Waals surface area contributed by atoms with Crippen LogP contribution in [0.2, 0.25) is 0 Å². The average Bonchev–Trinajstić information content (AvgIpc) is 3.54. The van der Waals surface area contributed by atoms with Crippen LogP contribution in [0, 0.1) is 0 Å². The summed E-state index contributed by atoms with van der Waals surface area (Å²) < 4.78 is 22.9. The van der Waals surface area contributed by atoms with Gasteiger partial charge in [0.25, 0.3) is 0 Å². The van der Waals surface area contributed by atoms with Crippen molar-refractivity contribution >= 4 is 17.9 Å². The van der Waals surface area contributed by atoms with Crippen molar-refractivity contribution in [2.24, 2.45) is 0 Å². The fourth-order valence-corrected chi connectivity index (χ4v) is 11.2. The van der Waals surface area contributed by atoms with E-state index in [1.54, 1.807) is 0 Å². The SMILES string of the molecule is CC/C=C\C/C=C\C/C=C\C/C=C\C/C=C\C/C=C\CCCCCCCCCCCCCCCCCCCCCCCCC(=O)OC(COC(=O)CCCCCCCCCCCCCCCCCC/C=C\C/C=C\C/C=C\C/C=C\CC)COC(OCC[N+](C)(C)C)C(=O)[O-]. The van der Waals surface area contributed by atoms with Gasteiger partial charge in [-0.2, -0.15) is 0 Å². The number of quaternary nitrogens is 1. The highest BCUT2D eigenvalue weighted by molar-refractivity contribution is 5.70. The number of carbonyl (C=O) groups is 3. The third-order valence-corrected chi connectivity index (χ3v) is 17.2. The Hall–Kier alpha value is -4.31. The summed E-state index contributed by atoms with van der Waals surface area (Å²) in [4.78, 5) is 37.6. The third kappa shape index (κ3) is 76.9. The minimum Gasteiger partial charge on any atom is -0.545 e. The Balaban J connectivity index is 3.99. The van der Waals surface area contributed by atoms with Crippen molar-refractivity contribution < 1.29 is 42.9 Å². The van der Waals surface area contributed by atoms with Crippen molar-refractivity contribution in [1.82, 2.24) is 0 Å². The average molecular weight is 1330 g/mol. The Kier molecular flexibility index (Phi) is 72.0. The Morgan fingerprint density at radius 2 is 0.568 bits per heavy atom. The number of ether oxygens (including phenoxy) is 4. The summed E-state index contributed by atoms with van der Waals surface area (Å²) in [5.74, 6) is -2.27. The zero-order valence-electron chi connectivity index (χ0n) is 62.5. The molecule has 0 fully saturated rings. The maximum atomic E-state index is 13.0. The smallest absolute Gasteiger partial charge is 0.306 e. The molecule has 9 heteroatoms. The van der Waals surface area contributed by atoms with E-state index in [0.29, 0.717) is 23.9 Å². The molecular formula is C86H149NO8. The van der Waals surface area contributed by atoms with E-state index in [4.69, 9.17) is 18.9 Å². The van der Waals surface area contributed by atoms with Crippen molar-refractivity contribution in [3.05, 3.63) is 122 Å². The van der Waals surface area contributed by atoms with Gasteiger partial charge in [0, 0.05) is 12.8 Å². The molecule has 0 rings (SSSR count). The Bertz CT molecular complexity index is 1980. The molecule has 0 bridgehead atoms. The van der Waals surface area contributed by atoms with Crippen LogP contribution < -0.4 is 5.11 Å². The highest BCUT2D eigenvalue weighted by Gasteiger charge is 2.22. The Morgan fingerprint density at radius 3 is 0.842 bits per heavy atom. The second-order valence-electron chi connectivity index (χ2n) is 27.6. The van der Waals surface area contributed by atoms with Gasteiger partial charge in [-0.3, -0.25) is 9.59 Å². The molecule has 0 aromatic heterocycles. The lowest BCUT2D eigenvalue weighted by Crippen LogP contribution is -2.44. The number of carboxylic acid groups (broad SMARTS) is 1. The molecule has 0 heterocycles. The largest absolute Gasteiger partial charge is 0.545 e. The molecule has 0 aliphatic heterocycles. The van der Waals surface area contributed by atoms with E-state index in [9.17, 15) is 19.5 Å². The lowest BCUT2D eigenvalue weighted by atomic mass is 10.0. The highest BCUT2D eigenvalue weighted by atomic mass is 16.7. The molecule has 546 valence electrons. The summed E-state index contributed by atoms with van der Waals surface area (Å²) >= 11 is 0. The van der Waals surface area contributed by atoms with Crippen LogP contribution in [0.1, 0.15) is 348 Å². The zero-order chi connectivity index (χ0) is 69.0. The lowest BCUT2D eigenvalue weighted by molar-refractivity contribution is -0.870. The van der Waals surface area contributed by atoms with Crippen molar-refractivity contribution in [1.29, 1.82) is 0 Å². The molecule has 0 spiro atoms. The number of rotatable bonds is 73. The van der Waals surface area contributed by atoms with Crippen LogP contribution in [0.3, 0.4) is 0 Å². The molecule has 9 nitrogen and oxygen atoms in total. The van der Waals surface area contributed by atoms with Crippen LogP contribution in [-0.2, 0) is 33.3 Å². The number of unbranched alkanes of at least 4 members (excludes halogenated alkanes) is 38. The van der Waals surface area contributed by atoms with E-state index in [1.807, 2.05) is 21.1 Å². The summed E-state index contributed by atoms with van der Waals surface area (Å²) in [5, 5.41) is 11.9. The normalized spacial score (nSPS) is 13.3. The van der Waals surface area contributed by atoms with Gasteiger partial charge >= 0.3 is 11.9 Å². The summed E-state index contributed by atoms with van der Waals surface area (Å²) in [6.07, 6.45) is 105. The molecular weight excluding hydrogens is 1170 g/mol. The summed E-state index contributed by atoms with van der Waals surface area (Å²) in [7, 11) is 5.94. The second-order valence-corrected chi connectivity index (χ2v) is 27.6. The van der Waals surface area contributed by atoms with Crippen LogP contribution in [0.15, 0.2) is 122 Å². The monoisotopic (exact) mass is 1320 g/mol. The molecule has 0 aromatic carbocycles. The number of hydrogen-bond donors (Lipinski definition) is 0. The Labute approximate surface area is 587 Å². The first-order valence-corrected chi connectivity index (χ1v) is 39.7. The molecule has 0 saturated carbocycles. The quantitative estimate of drug-likeness (QED) is 0.0195. The van der Waals surface area contributed by atoms with Crippen molar-refractivity contribution in [2.45, 2.75) is 360 Å². The predicted octanol–water partition coefficient (Wildman–Crippen LogP) is 24.1. The van der Waals surface area contributed by atoms with Gasteiger partial charge in [0.1, 0.15) is 13.2 Å². The van der Waals surface area contributed by atoms with E-state index >= 15 is 0 Å². The van der Waals surface area contributed by atoms with Gasteiger partial charge in [-0.15, -0.1) is 0 Å². The van der Waals surface area contributed by atoms with Gasteiger partial charge in [-0.05, 0) is 103 Å². The summed E-state index contributed by atoms with van der Waals surface area (Å²) in [6.45, 7) is 4.56. The molecule has 0 aliphatic carbocycles. The minimum atomic E-state index is -1.63. The lowest BCUT2D eigenvalue weighted by Gasteiger charge is -2.26. The van der Waals surface area contributed by atoms with Gasteiger partial charge in [-0.25, -0.2) is 0 Å². The van der Waals surface area contributed by atoms with Crippen LogP contribution in [-0.4, -0.2) is 82.3 Å². The number of carboxylic acids is 1. The molecule has 0 radical (unpaired) electrons. The van der Waals surface area contributed by atoms with Crippen LogP contribution >= 0.6 is 0 Å². The van der Waals surface area contributed by atoms with E-state index in [0.717, 1.165) is 96.3 Å². The molecule has 0 N–H and O–H groups in total. The van der Waals surface area contributed by atoms with Crippen molar-refractivity contribution in [3.63, 3.8) is 0 Å². The van der Waals surface area contributed by atoms with Gasteiger partial charge in [0.15, 0.2) is 12.4 Å². The zero-order valence-corrected chi connectivity index (χ0v) is 62.5. The highest BCUT2D eigenvalue weighted by Crippen LogP contribution is 2.19. The molecule has 0 aliphatic rings. The van der Waals surface area contributed by atoms with Gasteiger partial charge in [-0.1, -0.05) is 354 Å². The topological polar surface area (TPSA) is 111 Å². The van der Waals surface area contributed by atoms with E-state index in [1.165, 1.54) is 218 Å². The number of esters is 2. The molecule has 2 atom stereocenters. The van der Waals surface area contributed by atoms with Gasteiger partial charge in [0.05, 0.1) is 40.3 Å². The fourth-order valence-electron chi connectivity index (χ4n) is 11.2. The molecule has 2 unspecified atom stereocenters. The first kappa shape index (κ1) is 90.7. The number of hydrogen-bond acceptors (Lipinski definition) is 8. The number of allylic oxidation sites excluding steroid dienone is 20. The second kappa shape index (κ2) is 75.5. The minimum absolute atomic E-state index is 0.146. The number of aliphatic carboxylic acids is 1. The number of likely N-dealkylation sites (N-methyl/N-ethyl adjacent to an activating group) is 1. The third-order valence-electron chi connectivity index (χ3n) is 17.2.